The van der Waals surface area contributed by atoms with Gasteiger partial charge in [0.2, 0.25) is 0 Å². The van der Waals surface area contributed by atoms with Gasteiger partial charge in [-0.15, -0.1) is 0 Å². The maximum Gasteiger partial charge on any atom is 0.123 e. The lowest BCUT2D eigenvalue weighted by Gasteiger charge is -2.33. The van der Waals surface area contributed by atoms with E-state index < -0.39 is 5.41 Å². The number of rotatable bonds is 5. The summed E-state index contributed by atoms with van der Waals surface area (Å²) in [5, 5.41) is 19.3. The van der Waals surface area contributed by atoms with Gasteiger partial charge in [-0.05, 0) is 36.0 Å². The van der Waals surface area contributed by atoms with Gasteiger partial charge in [0.25, 0.3) is 0 Å². The Balaban J connectivity index is 2.95. The summed E-state index contributed by atoms with van der Waals surface area (Å²) < 4.78 is 12.9. The van der Waals surface area contributed by atoms with Crippen LogP contribution in [0.3, 0.4) is 0 Å². The van der Waals surface area contributed by atoms with Crippen LogP contribution in [0.2, 0.25) is 0 Å². The van der Waals surface area contributed by atoms with Crippen LogP contribution >= 0.6 is 0 Å². The molecule has 0 aromatic heterocycles. The molecule has 0 bridgehead atoms. The van der Waals surface area contributed by atoms with E-state index in [1.807, 2.05) is 0 Å². The molecular formula is C15H23FO2. The van der Waals surface area contributed by atoms with Crippen LogP contribution in [0, 0.1) is 11.2 Å². The Bertz CT molecular complexity index is 361. The molecule has 18 heavy (non-hydrogen) atoms. The number of aliphatic hydroxyl groups excluding tert-OH is 2. The van der Waals surface area contributed by atoms with Gasteiger partial charge in [0, 0.05) is 5.41 Å². The van der Waals surface area contributed by atoms with Gasteiger partial charge in [-0.2, -0.15) is 0 Å². The van der Waals surface area contributed by atoms with Crippen molar-refractivity contribution in [2.75, 3.05) is 13.2 Å². The van der Waals surface area contributed by atoms with Gasteiger partial charge in [0.05, 0.1) is 13.2 Å². The van der Waals surface area contributed by atoms with E-state index in [9.17, 15) is 14.6 Å². The molecule has 0 spiro atoms. The maximum absolute atomic E-state index is 12.9. The van der Waals surface area contributed by atoms with Crippen LogP contribution in [-0.4, -0.2) is 23.4 Å². The summed E-state index contributed by atoms with van der Waals surface area (Å²) in [6.45, 7) is 6.10. The largest absolute Gasteiger partial charge is 0.395 e. The van der Waals surface area contributed by atoms with Crippen molar-refractivity contribution in [2.24, 2.45) is 5.41 Å². The van der Waals surface area contributed by atoms with Crippen LogP contribution in [0.15, 0.2) is 24.3 Å². The Morgan fingerprint density at radius 1 is 0.944 bits per heavy atom. The SMILES string of the molecule is CC(C)(C)CCC(CO)(CO)c1ccc(F)cc1. The summed E-state index contributed by atoms with van der Waals surface area (Å²) in [5.41, 5.74) is 0.245. The molecular weight excluding hydrogens is 231 g/mol. The minimum absolute atomic E-state index is 0.134. The zero-order valence-corrected chi connectivity index (χ0v) is 11.4. The molecule has 2 N–H and O–H groups in total. The summed E-state index contributed by atoms with van der Waals surface area (Å²) in [6, 6.07) is 6.02. The van der Waals surface area contributed by atoms with Crippen molar-refractivity contribution < 1.29 is 14.6 Å². The van der Waals surface area contributed by atoms with Gasteiger partial charge >= 0.3 is 0 Å². The number of benzene rings is 1. The second-order valence-corrected chi connectivity index (χ2v) is 6.16. The van der Waals surface area contributed by atoms with Crippen molar-refractivity contribution in [1.29, 1.82) is 0 Å². The van der Waals surface area contributed by atoms with Crippen LogP contribution in [0.5, 0.6) is 0 Å². The van der Waals surface area contributed by atoms with E-state index in [0.717, 1.165) is 12.0 Å². The van der Waals surface area contributed by atoms with Crippen molar-refractivity contribution in [1.82, 2.24) is 0 Å². The highest BCUT2D eigenvalue weighted by molar-refractivity contribution is 5.26. The smallest absolute Gasteiger partial charge is 0.123 e. The van der Waals surface area contributed by atoms with Gasteiger partial charge < -0.3 is 10.2 Å². The molecule has 0 unspecified atom stereocenters. The molecule has 0 aliphatic heterocycles. The summed E-state index contributed by atoms with van der Waals surface area (Å²) in [6.07, 6.45) is 1.56. The van der Waals surface area contributed by atoms with Crippen molar-refractivity contribution >= 4 is 0 Å². The first-order valence-electron chi connectivity index (χ1n) is 6.31. The zero-order chi connectivity index (χ0) is 13.8. The van der Waals surface area contributed by atoms with Crippen LogP contribution < -0.4 is 0 Å². The molecule has 0 amide bonds. The number of hydrogen-bond acceptors (Lipinski definition) is 2. The van der Waals surface area contributed by atoms with E-state index in [4.69, 9.17) is 0 Å². The monoisotopic (exact) mass is 254 g/mol. The lowest BCUT2D eigenvalue weighted by molar-refractivity contribution is 0.0986. The van der Waals surface area contributed by atoms with E-state index in [2.05, 4.69) is 20.8 Å². The molecule has 0 atom stereocenters. The van der Waals surface area contributed by atoms with Gasteiger partial charge in [-0.25, -0.2) is 4.39 Å². The third kappa shape index (κ3) is 3.79. The van der Waals surface area contributed by atoms with Gasteiger partial charge in [0.1, 0.15) is 5.82 Å². The van der Waals surface area contributed by atoms with Crippen LogP contribution in [0.4, 0.5) is 4.39 Å². The first kappa shape index (κ1) is 15.1. The second kappa shape index (κ2) is 5.81. The van der Waals surface area contributed by atoms with Crippen LogP contribution in [0.1, 0.15) is 39.2 Å². The Labute approximate surface area is 108 Å². The predicted octanol–water partition coefficient (Wildman–Crippen LogP) is 2.87. The highest BCUT2D eigenvalue weighted by atomic mass is 19.1. The summed E-state index contributed by atoms with van der Waals surface area (Å²) >= 11 is 0. The van der Waals surface area contributed by atoms with E-state index >= 15 is 0 Å². The molecule has 0 heterocycles. The van der Waals surface area contributed by atoms with Gasteiger partial charge in [-0.3, -0.25) is 0 Å². The Morgan fingerprint density at radius 3 is 1.83 bits per heavy atom. The average Bonchev–Trinajstić information content (AvgIpc) is 2.32. The second-order valence-electron chi connectivity index (χ2n) is 6.16. The normalized spacial score (nSPS) is 12.8. The van der Waals surface area contributed by atoms with Crippen LogP contribution in [-0.2, 0) is 5.41 Å². The fourth-order valence-corrected chi connectivity index (χ4v) is 1.95. The minimum atomic E-state index is -0.680. The van der Waals surface area contributed by atoms with Crippen LogP contribution in [0.25, 0.3) is 0 Å². The highest BCUT2D eigenvalue weighted by Crippen LogP contribution is 2.33. The van der Waals surface area contributed by atoms with Crippen molar-refractivity contribution in [3.05, 3.63) is 35.6 Å². The van der Waals surface area contributed by atoms with Crippen molar-refractivity contribution in [3.63, 3.8) is 0 Å². The number of hydrogen-bond donors (Lipinski definition) is 2. The molecule has 102 valence electrons. The molecule has 3 heteroatoms. The molecule has 0 saturated carbocycles. The quantitative estimate of drug-likeness (QED) is 0.848. The fraction of sp³-hybridized carbons (Fsp3) is 0.600. The van der Waals surface area contributed by atoms with Gasteiger partial charge in [0.15, 0.2) is 0 Å². The summed E-state index contributed by atoms with van der Waals surface area (Å²) in [4.78, 5) is 0. The number of halogens is 1. The topological polar surface area (TPSA) is 40.5 Å². The molecule has 0 aliphatic carbocycles. The first-order valence-corrected chi connectivity index (χ1v) is 6.31. The van der Waals surface area contributed by atoms with Gasteiger partial charge in [-0.1, -0.05) is 32.9 Å². The Morgan fingerprint density at radius 2 is 1.44 bits per heavy atom. The average molecular weight is 254 g/mol. The Hall–Kier alpha value is -0.930. The van der Waals surface area contributed by atoms with Crippen molar-refractivity contribution in [3.8, 4) is 0 Å². The molecule has 0 radical (unpaired) electrons. The van der Waals surface area contributed by atoms with E-state index in [1.54, 1.807) is 12.1 Å². The minimum Gasteiger partial charge on any atom is -0.395 e. The molecule has 1 aromatic rings. The lowest BCUT2D eigenvalue weighted by Crippen LogP contribution is -2.36. The molecule has 0 saturated heterocycles. The van der Waals surface area contributed by atoms with Crippen molar-refractivity contribution in [2.45, 2.75) is 39.0 Å². The number of aliphatic hydroxyl groups is 2. The predicted molar refractivity (Wildman–Crippen MR) is 70.9 cm³/mol. The summed E-state index contributed by atoms with van der Waals surface area (Å²) in [7, 11) is 0. The molecule has 1 rings (SSSR count). The maximum atomic E-state index is 12.9. The first-order chi connectivity index (χ1) is 8.33. The fourth-order valence-electron chi connectivity index (χ4n) is 1.95. The zero-order valence-electron chi connectivity index (χ0n) is 11.4. The molecule has 0 fully saturated rings. The Kier molecular flexibility index (Phi) is 4.88. The third-order valence-electron chi connectivity index (χ3n) is 3.42. The lowest BCUT2D eigenvalue weighted by atomic mass is 9.74. The molecule has 1 aromatic carbocycles. The molecule has 2 nitrogen and oxygen atoms in total. The summed E-state index contributed by atoms with van der Waals surface area (Å²) in [5.74, 6) is -0.306. The highest BCUT2D eigenvalue weighted by Gasteiger charge is 2.32. The molecule has 0 aliphatic rings. The van der Waals surface area contributed by atoms with E-state index in [-0.39, 0.29) is 24.4 Å². The van der Waals surface area contributed by atoms with E-state index in [1.165, 1.54) is 12.1 Å². The standard InChI is InChI=1S/C15H23FO2/c1-14(2,3)8-9-15(10-17,11-18)12-4-6-13(16)7-5-12/h4-7,17-18H,8-11H2,1-3H3. The van der Waals surface area contributed by atoms with E-state index in [0.29, 0.717) is 6.42 Å². The third-order valence-corrected chi connectivity index (χ3v) is 3.42.